The van der Waals surface area contributed by atoms with Gasteiger partial charge in [0, 0.05) is 5.33 Å². The average molecular weight is 349 g/mol. The summed E-state index contributed by atoms with van der Waals surface area (Å²) >= 11 is 3.52. The van der Waals surface area contributed by atoms with E-state index in [0.717, 1.165) is 5.33 Å². The molecule has 0 N–H and O–H groups in total. The van der Waals surface area contributed by atoms with Crippen LogP contribution in [0.15, 0.2) is 91.0 Å². The van der Waals surface area contributed by atoms with Crippen LogP contribution in [0.1, 0.15) is 11.1 Å². The maximum atomic E-state index is 3.52. The van der Waals surface area contributed by atoms with Crippen LogP contribution in [0.3, 0.4) is 0 Å². The molecule has 0 spiro atoms. The minimum atomic E-state index is 0.845. The topological polar surface area (TPSA) is 0 Å². The smallest absolute Gasteiger partial charge is 0.0221 e. The number of alkyl halides is 1. The molecule has 0 aliphatic rings. The second-order valence-electron chi connectivity index (χ2n) is 5.08. The van der Waals surface area contributed by atoms with Crippen molar-refractivity contribution in [3.05, 3.63) is 102 Å². The summed E-state index contributed by atoms with van der Waals surface area (Å²) in [6, 6.07) is 29.8. The quantitative estimate of drug-likeness (QED) is 0.493. The molecule has 0 atom stereocenters. The average Bonchev–Trinajstić information content (AvgIpc) is 2.61. The van der Waals surface area contributed by atoms with Crippen molar-refractivity contribution in [3.8, 4) is 11.1 Å². The SMILES string of the molecule is BrC/C=C(/c1ccccc1)c1ccc(-c2ccccc2)cc1. The van der Waals surface area contributed by atoms with E-state index in [1.807, 2.05) is 12.1 Å². The van der Waals surface area contributed by atoms with Crippen LogP contribution in [0.4, 0.5) is 0 Å². The molecule has 1 heteroatoms. The van der Waals surface area contributed by atoms with Gasteiger partial charge in [0.25, 0.3) is 0 Å². The van der Waals surface area contributed by atoms with Gasteiger partial charge in [-0.2, -0.15) is 0 Å². The highest BCUT2D eigenvalue weighted by Crippen LogP contribution is 2.26. The zero-order valence-electron chi connectivity index (χ0n) is 12.2. The molecule has 3 rings (SSSR count). The van der Waals surface area contributed by atoms with Crippen LogP contribution >= 0.6 is 15.9 Å². The van der Waals surface area contributed by atoms with Crippen molar-refractivity contribution in [2.24, 2.45) is 0 Å². The summed E-state index contributed by atoms with van der Waals surface area (Å²) in [5.41, 5.74) is 6.24. The third-order valence-corrected chi connectivity index (χ3v) is 3.99. The highest BCUT2D eigenvalue weighted by molar-refractivity contribution is 9.09. The molecule has 3 aromatic carbocycles. The Labute approximate surface area is 140 Å². The lowest BCUT2D eigenvalue weighted by molar-refractivity contribution is 1.52. The Morgan fingerprint density at radius 1 is 0.636 bits per heavy atom. The summed E-state index contributed by atoms with van der Waals surface area (Å²) in [7, 11) is 0. The first-order valence-corrected chi connectivity index (χ1v) is 8.48. The Kier molecular flexibility index (Phi) is 4.87. The number of hydrogen-bond acceptors (Lipinski definition) is 0. The monoisotopic (exact) mass is 348 g/mol. The minimum absolute atomic E-state index is 0.845. The Morgan fingerprint density at radius 3 is 1.73 bits per heavy atom. The lowest BCUT2D eigenvalue weighted by Gasteiger charge is -2.09. The van der Waals surface area contributed by atoms with Gasteiger partial charge in [-0.15, -0.1) is 0 Å². The van der Waals surface area contributed by atoms with E-state index in [0.29, 0.717) is 0 Å². The number of halogens is 1. The fourth-order valence-electron chi connectivity index (χ4n) is 2.57. The molecule has 0 unspecified atom stereocenters. The van der Waals surface area contributed by atoms with E-state index in [4.69, 9.17) is 0 Å². The molecule has 0 aliphatic heterocycles. The van der Waals surface area contributed by atoms with Gasteiger partial charge in [0.1, 0.15) is 0 Å². The summed E-state index contributed by atoms with van der Waals surface area (Å²) in [5.74, 6) is 0. The van der Waals surface area contributed by atoms with Crippen LogP contribution in [-0.2, 0) is 0 Å². The van der Waals surface area contributed by atoms with Gasteiger partial charge in [-0.3, -0.25) is 0 Å². The van der Waals surface area contributed by atoms with Gasteiger partial charge in [0.05, 0.1) is 0 Å². The summed E-state index contributed by atoms with van der Waals surface area (Å²) < 4.78 is 0. The molecule has 0 aliphatic carbocycles. The molecule has 0 saturated heterocycles. The Hall–Kier alpha value is -2.12. The van der Waals surface area contributed by atoms with E-state index in [1.54, 1.807) is 0 Å². The number of rotatable bonds is 4. The van der Waals surface area contributed by atoms with E-state index < -0.39 is 0 Å². The molecule has 0 bridgehead atoms. The maximum Gasteiger partial charge on any atom is 0.0221 e. The maximum absolute atomic E-state index is 3.52. The van der Waals surface area contributed by atoms with Crippen LogP contribution < -0.4 is 0 Å². The van der Waals surface area contributed by atoms with E-state index in [2.05, 4.69) is 94.8 Å². The van der Waals surface area contributed by atoms with Crippen molar-refractivity contribution in [1.82, 2.24) is 0 Å². The molecule has 0 nitrogen and oxygen atoms in total. The van der Waals surface area contributed by atoms with Gasteiger partial charge in [-0.25, -0.2) is 0 Å². The minimum Gasteiger partial charge on any atom is -0.0883 e. The fraction of sp³-hybridized carbons (Fsp3) is 0.0476. The summed E-state index contributed by atoms with van der Waals surface area (Å²) in [5, 5.41) is 0.845. The van der Waals surface area contributed by atoms with Gasteiger partial charge in [-0.1, -0.05) is 107 Å². The summed E-state index contributed by atoms with van der Waals surface area (Å²) in [6.07, 6.45) is 2.22. The highest BCUT2D eigenvalue weighted by Gasteiger charge is 2.05. The molecule has 0 fully saturated rings. The molecule has 22 heavy (non-hydrogen) atoms. The number of hydrogen-bond donors (Lipinski definition) is 0. The lowest BCUT2D eigenvalue weighted by atomic mass is 9.95. The molecule has 3 aromatic rings. The van der Waals surface area contributed by atoms with Crippen molar-refractivity contribution in [2.75, 3.05) is 5.33 Å². The van der Waals surface area contributed by atoms with Gasteiger partial charge in [0.15, 0.2) is 0 Å². The highest BCUT2D eigenvalue weighted by atomic mass is 79.9. The standard InChI is InChI=1S/C21H17Br/c22-16-15-21(19-9-5-2-6-10-19)20-13-11-18(12-14-20)17-7-3-1-4-8-17/h1-15H,16H2/b21-15-. The molecule has 0 radical (unpaired) electrons. The fourth-order valence-corrected chi connectivity index (χ4v) is 2.89. The van der Waals surface area contributed by atoms with Crippen molar-refractivity contribution in [3.63, 3.8) is 0 Å². The van der Waals surface area contributed by atoms with Crippen LogP contribution in [0, 0.1) is 0 Å². The lowest BCUT2D eigenvalue weighted by Crippen LogP contribution is -1.89. The molecule has 0 heterocycles. The van der Waals surface area contributed by atoms with E-state index >= 15 is 0 Å². The molecular weight excluding hydrogens is 332 g/mol. The van der Waals surface area contributed by atoms with Crippen LogP contribution in [0.2, 0.25) is 0 Å². The van der Waals surface area contributed by atoms with Crippen LogP contribution in [0.25, 0.3) is 16.7 Å². The Bertz CT molecular complexity index is 741. The van der Waals surface area contributed by atoms with E-state index in [9.17, 15) is 0 Å². The zero-order chi connectivity index (χ0) is 15.2. The van der Waals surface area contributed by atoms with E-state index in [1.165, 1.54) is 27.8 Å². The normalized spacial score (nSPS) is 11.4. The molecule has 108 valence electrons. The first-order chi connectivity index (χ1) is 10.9. The largest absolute Gasteiger partial charge is 0.0883 e. The second-order valence-corrected chi connectivity index (χ2v) is 5.73. The van der Waals surface area contributed by atoms with Crippen LogP contribution in [-0.4, -0.2) is 5.33 Å². The Balaban J connectivity index is 1.96. The first kappa shape index (κ1) is 14.8. The van der Waals surface area contributed by atoms with Gasteiger partial charge in [0.2, 0.25) is 0 Å². The number of benzene rings is 3. The molecule has 0 amide bonds. The zero-order valence-corrected chi connectivity index (χ0v) is 13.8. The third-order valence-electron chi connectivity index (χ3n) is 3.67. The number of allylic oxidation sites excluding steroid dienone is 1. The predicted molar refractivity (Wildman–Crippen MR) is 99.2 cm³/mol. The summed E-state index contributed by atoms with van der Waals surface area (Å²) in [4.78, 5) is 0. The predicted octanol–water partition coefficient (Wildman–Crippen LogP) is 6.18. The van der Waals surface area contributed by atoms with E-state index in [-0.39, 0.29) is 0 Å². The summed E-state index contributed by atoms with van der Waals surface area (Å²) in [6.45, 7) is 0. The molecule has 0 aromatic heterocycles. The third kappa shape index (κ3) is 3.37. The van der Waals surface area contributed by atoms with Crippen LogP contribution in [0.5, 0.6) is 0 Å². The van der Waals surface area contributed by atoms with Crippen molar-refractivity contribution < 1.29 is 0 Å². The van der Waals surface area contributed by atoms with Crippen molar-refractivity contribution in [2.45, 2.75) is 0 Å². The first-order valence-electron chi connectivity index (χ1n) is 7.36. The Morgan fingerprint density at radius 2 is 1.14 bits per heavy atom. The van der Waals surface area contributed by atoms with Crippen molar-refractivity contribution in [1.29, 1.82) is 0 Å². The van der Waals surface area contributed by atoms with Gasteiger partial charge < -0.3 is 0 Å². The van der Waals surface area contributed by atoms with Gasteiger partial charge in [-0.05, 0) is 27.8 Å². The molecule has 0 saturated carbocycles. The van der Waals surface area contributed by atoms with Crippen molar-refractivity contribution >= 4 is 21.5 Å². The molecular formula is C21H17Br. The second kappa shape index (κ2) is 7.24. The van der Waals surface area contributed by atoms with Gasteiger partial charge >= 0.3 is 0 Å².